The standard InChI is InChI=1S/C16H13Cl2FN2O3/c1-2-24-16(23)11(7-21-8-3-4-8)15(22)9-5-12(19)14(18)10(6-20)13(9)17/h5,7-8,22H,2-4H2,1H3/b15-11-,21-7?. The summed E-state index contributed by atoms with van der Waals surface area (Å²) in [5, 5.41) is 18.7. The zero-order valence-electron chi connectivity index (χ0n) is 12.6. The summed E-state index contributed by atoms with van der Waals surface area (Å²) in [6.07, 6.45) is 2.96. The monoisotopic (exact) mass is 370 g/mol. The van der Waals surface area contributed by atoms with Gasteiger partial charge in [0, 0.05) is 11.8 Å². The molecule has 0 spiro atoms. The van der Waals surface area contributed by atoms with Crippen molar-refractivity contribution in [2.24, 2.45) is 4.99 Å². The van der Waals surface area contributed by atoms with Gasteiger partial charge >= 0.3 is 5.97 Å². The van der Waals surface area contributed by atoms with Crippen LogP contribution in [0.5, 0.6) is 0 Å². The second kappa shape index (κ2) is 7.65. The van der Waals surface area contributed by atoms with Gasteiger partial charge in [-0.15, -0.1) is 0 Å². The van der Waals surface area contributed by atoms with Crippen LogP contribution in [0.3, 0.4) is 0 Å². The molecule has 0 saturated heterocycles. The summed E-state index contributed by atoms with van der Waals surface area (Å²) in [6.45, 7) is 1.69. The van der Waals surface area contributed by atoms with Crippen LogP contribution in [-0.4, -0.2) is 29.9 Å². The van der Waals surface area contributed by atoms with Crippen LogP contribution in [0.15, 0.2) is 16.6 Å². The lowest BCUT2D eigenvalue weighted by Gasteiger charge is -2.10. The molecule has 8 heteroatoms. The summed E-state index contributed by atoms with van der Waals surface area (Å²) in [7, 11) is 0. The molecule has 0 aliphatic heterocycles. The van der Waals surface area contributed by atoms with Crippen molar-refractivity contribution >= 4 is 41.1 Å². The molecule has 1 fully saturated rings. The molecule has 1 aliphatic rings. The topological polar surface area (TPSA) is 82.7 Å². The van der Waals surface area contributed by atoms with Crippen molar-refractivity contribution in [3.8, 4) is 6.07 Å². The molecule has 0 radical (unpaired) electrons. The Labute approximate surface area is 148 Å². The van der Waals surface area contributed by atoms with Gasteiger partial charge < -0.3 is 9.84 Å². The fourth-order valence-corrected chi connectivity index (χ4v) is 2.36. The van der Waals surface area contributed by atoms with Crippen LogP contribution in [0.25, 0.3) is 5.76 Å². The molecule has 0 amide bonds. The molecule has 1 aliphatic carbocycles. The van der Waals surface area contributed by atoms with E-state index in [-0.39, 0.29) is 34.4 Å². The highest BCUT2D eigenvalue weighted by atomic mass is 35.5. The first kappa shape index (κ1) is 18.2. The van der Waals surface area contributed by atoms with Crippen molar-refractivity contribution in [2.75, 3.05) is 6.61 Å². The van der Waals surface area contributed by atoms with E-state index in [2.05, 4.69) is 4.99 Å². The molecule has 126 valence electrons. The van der Waals surface area contributed by atoms with Gasteiger partial charge in [0.25, 0.3) is 0 Å². The van der Waals surface area contributed by atoms with E-state index in [0.29, 0.717) is 0 Å². The second-order valence-corrected chi connectivity index (χ2v) is 5.77. The number of carbonyl (C=O) groups excluding carboxylic acids is 1. The van der Waals surface area contributed by atoms with Gasteiger partial charge in [-0.2, -0.15) is 5.26 Å². The molecule has 0 aromatic heterocycles. The number of nitrogens with zero attached hydrogens (tertiary/aromatic N) is 2. The van der Waals surface area contributed by atoms with E-state index >= 15 is 0 Å². The van der Waals surface area contributed by atoms with Crippen molar-refractivity contribution in [3.63, 3.8) is 0 Å². The number of halogens is 3. The highest BCUT2D eigenvalue weighted by Crippen LogP contribution is 2.34. The van der Waals surface area contributed by atoms with Crippen molar-refractivity contribution < 1.29 is 19.0 Å². The van der Waals surface area contributed by atoms with E-state index in [1.54, 1.807) is 13.0 Å². The van der Waals surface area contributed by atoms with Crippen molar-refractivity contribution in [1.82, 2.24) is 0 Å². The van der Waals surface area contributed by atoms with Crippen molar-refractivity contribution in [1.29, 1.82) is 5.26 Å². The van der Waals surface area contributed by atoms with Gasteiger partial charge in [-0.25, -0.2) is 9.18 Å². The molecular weight excluding hydrogens is 358 g/mol. The Hall–Kier alpha value is -2.10. The SMILES string of the molecule is CCOC(=O)/C(C=NC1CC1)=C(\O)c1cc(F)c(Cl)c(C#N)c1Cl. The maximum absolute atomic E-state index is 13.9. The Morgan fingerprint density at radius 2 is 2.21 bits per heavy atom. The van der Waals surface area contributed by atoms with Crippen LogP contribution in [0.2, 0.25) is 10.0 Å². The average Bonchev–Trinajstić information content (AvgIpc) is 3.36. The van der Waals surface area contributed by atoms with E-state index < -0.39 is 22.6 Å². The number of hydrogen-bond donors (Lipinski definition) is 1. The average molecular weight is 371 g/mol. The molecule has 0 bridgehead atoms. The summed E-state index contributed by atoms with van der Waals surface area (Å²) < 4.78 is 18.8. The maximum Gasteiger partial charge on any atom is 0.343 e. The summed E-state index contributed by atoms with van der Waals surface area (Å²) in [5.74, 6) is -2.40. The third kappa shape index (κ3) is 3.86. The normalized spacial score (nSPS) is 15.1. The number of nitriles is 1. The molecule has 1 aromatic rings. The van der Waals surface area contributed by atoms with Crippen LogP contribution in [0, 0.1) is 17.1 Å². The molecule has 24 heavy (non-hydrogen) atoms. The summed E-state index contributed by atoms with van der Waals surface area (Å²) in [5.41, 5.74) is -0.834. The summed E-state index contributed by atoms with van der Waals surface area (Å²) in [6, 6.07) is 2.61. The van der Waals surface area contributed by atoms with E-state index in [4.69, 9.17) is 33.2 Å². The smallest absolute Gasteiger partial charge is 0.343 e. The van der Waals surface area contributed by atoms with E-state index in [0.717, 1.165) is 18.9 Å². The van der Waals surface area contributed by atoms with Crippen LogP contribution >= 0.6 is 23.2 Å². The van der Waals surface area contributed by atoms with Gasteiger partial charge in [-0.3, -0.25) is 4.99 Å². The number of aliphatic hydroxyl groups is 1. The van der Waals surface area contributed by atoms with Crippen molar-refractivity contribution in [3.05, 3.63) is 38.6 Å². The Morgan fingerprint density at radius 1 is 1.54 bits per heavy atom. The number of aliphatic hydroxyl groups excluding tert-OH is 1. The minimum absolute atomic E-state index is 0.0824. The second-order valence-electron chi connectivity index (χ2n) is 5.01. The first-order valence-corrected chi connectivity index (χ1v) is 7.87. The number of ether oxygens (including phenoxy) is 1. The van der Waals surface area contributed by atoms with Crippen LogP contribution in [0.4, 0.5) is 4.39 Å². The van der Waals surface area contributed by atoms with Crippen LogP contribution < -0.4 is 0 Å². The molecule has 0 heterocycles. The van der Waals surface area contributed by atoms with Gasteiger partial charge in [-0.1, -0.05) is 23.2 Å². The quantitative estimate of drug-likeness (QED) is 0.278. The van der Waals surface area contributed by atoms with Crippen LogP contribution in [-0.2, 0) is 9.53 Å². The number of aliphatic imine (C=N–C) groups is 1. The fraction of sp³-hybridized carbons (Fsp3) is 0.312. The number of hydrogen-bond acceptors (Lipinski definition) is 5. The zero-order chi connectivity index (χ0) is 17.9. The molecule has 1 saturated carbocycles. The number of carbonyl (C=O) groups is 1. The Bertz CT molecular complexity index is 781. The predicted octanol–water partition coefficient (Wildman–Crippen LogP) is 4.07. The van der Waals surface area contributed by atoms with Crippen molar-refractivity contribution in [2.45, 2.75) is 25.8 Å². The maximum atomic E-state index is 13.9. The van der Waals surface area contributed by atoms with Gasteiger partial charge in [0.15, 0.2) is 0 Å². The van der Waals surface area contributed by atoms with Gasteiger partial charge in [0.05, 0.1) is 28.3 Å². The molecule has 2 rings (SSSR count). The molecule has 1 aromatic carbocycles. The largest absolute Gasteiger partial charge is 0.506 e. The lowest BCUT2D eigenvalue weighted by molar-refractivity contribution is -0.137. The Balaban J connectivity index is 2.60. The first-order chi connectivity index (χ1) is 11.4. The van der Waals surface area contributed by atoms with E-state index in [1.807, 2.05) is 0 Å². The lowest BCUT2D eigenvalue weighted by Crippen LogP contribution is -2.12. The minimum atomic E-state index is -0.943. The molecule has 0 unspecified atom stereocenters. The highest BCUT2D eigenvalue weighted by molar-refractivity contribution is 6.38. The van der Waals surface area contributed by atoms with E-state index in [1.165, 1.54) is 6.21 Å². The predicted molar refractivity (Wildman–Crippen MR) is 88.8 cm³/mol. The van der Waals surface area contributed by atoms with Gasteiger partial charge in [-0.05, 0) is 25.8 Å². The van der Waals surface area contributed by atoms with Crippen LogP contribution in [0.1, 0.15) is 30.9 Å². The zero-order valence-corrected chi connectivity index (χ0v) is 14.2. The lowest BCUT2D eigenvalue weighted by atomic mass is 10.1. The summed E-state index contributed by atoms with van der Waals surface area (Å²) >= 11 is 11.7. The molecule has 1 N–H and O–H groups in total. The third-order valence-corrected chi connectivity index (χ3v) is 4.00. The molecule has 5 nitrogen and oxygen atoms in total. The third-order valence-electron chi connectivity index (χ3n) is 3.23. The summed E-state index contributed by atoms with van der Waals surface area (Å²) in [4.78, 5) is 16.2. The Morgan fingerprint density at radius 3 is 2.75 bits per heavy atom. The minimum Gasteiger partial charge on any atom is -0.506 e. The van der Waals surface area contributed by atoms with Gasteiger partial charge in [0.2, 0.25) is 0 Å². The number of rotatable bonds is 5. The van der Waals surface area contributed by atoms with E-state index in [9.17, 15) is 14.3 Å². The highest BCUT2D eigenvalue weighted by Gasteiger charge is 2.24. The first-order valence-electron chi connectivity index (χ1n) is 7.12. The molecular formula is C16H13Cl2FN2O3. The Kier molecular flexibility index (Phi) is 5.81. The number of esters is 1. The fourth-order valence-electron chi connectivity index (χ4n) is 1.84. The van der Waals surface area contributed by atoms with Gasteiger partial charge in [0.1, 0.15) is 23.2 Å². The molecule has 0 atom stereocenters. The number of benzene rings is 1.